The van der Waals surface area contributed by atoms with Crippen molar-refractivity contribution in [2.75, 3.05) is 31.0 Å². The van der Waals surface area contributed by atoms with Gasteiger partial charge in [0.25, 0.3) is 0 Å². The molecule has 0 saturated carbocycles. The third-order valence-corrected chi connectivity index (χ3v) is 4.29. The molecule has 29 heavy (non-hydrogen) atoms. The molecular weight excluding hydrogens is 376 g/mol. The normalized spacial score (nSPS) is 10.6. The Hall–Kier alpha value is -4.08. The lowest BCUT2D eigenvalue weighted by Crippen LogP contribution is -2.16. The van der Waals surface area contributed by atoms with Crippen molar-refractivity contribution in [1.82, 2.24) is 9.97 Å². The van der Waals surface area contributed by atoms with Gasteiger partial charge in [-0.3, -0.25) is 10.1 Å². The summed E-state index contributed by atoms with van der Waals surface area (Å²) >= 11 is 0. The van der Waals surface area contributed by atoms with Crippen LogP contribution >= 0.6 is 0 Å². The van der Waals surface area contributed by atoms with Crippen molar-refractivity contribution in [2.24, 2.45) is 0 Å². The predicted octanol–water partition coefficient (Wildman–Crippen LogP) is 2.77. The van der Waals surface area contributed by atoms with E-state index >= 15 is 0 Å². The van der Waals surface area contributed by atoms with Gasteiger partial charge in [0.05, 0.1) is 25.2 Å². The van der Waals surface area contributed by atoms with E-state index in [1.54, 1.807) is 38.5 Å². The van der Waals surface area contributed by atoms with Crippen LogP contribution in [0.2, 0.25) is 0 Å². The molecule has 2 aromatic carbocycles. The summed E-state index contributed by atoms with van der Waals surface area (Å²) in [6, 6.07) is 14.1. The summed E-state index contributed by atoms with van der Waals surface area (Å²) in [5.41, 5.74) is 12.6. The zero-order valence-corrected chi connectivity index (χ0v) is 15.8. The minimum absolute atomic E-state index is 0.0726. The molecule has 1 heterocycles. The fourth-order valence-corrected chi connectivity index (χ4v) is 2.86. The van der Waals surface area contributed by atoms with E-state index in [0.717, 1.165) is 11.1 Å². The molecule has 0 spiro atoms. The zero-order valence-electron chi connectivity index (χ0n) is 15.8. The minimum atomic E-state index is -0.643. The van der Waals surface area contributed by atoms with E-state index in [-0.39, 0.29) is 17.6 Å². The number of nitrogens with zero attached hydrogens (tertiary/aromatic N) is 3. The third kappa shape index (κ3) is 4.26. The molecule has 0 aliphatic rings. The van der Waals surface area contributed by atoms with Crippen molar-refractivity contribution in [3.05, 3.63) is 69.8 Å². The number of ether oxygens (including phenoxy) is 2. The van der Waals surface area contributed by atoms with Crippen molar-refractivity contribution in [3.63, 3.8) is 0 Å². The van der Waals surface area contributed by atoms with Gasteiger partial charge < -0.3 is 26.3 Å². The van der Waals surface area contributed by atoms with E-state index in [2.05, 4.69) is 15.3 Å². The fraction of sp³-hybridized carbons (Fsp3) is 0.158. The van der Waals surface area contributed by atoms with E-state index < -0.39 is 16.7 Å². The molecule has 3 aromatic rings. The van der Waals surface area contributed by atoms with Gasteiger partial charge in [-0.2, -0.15) is 9.97 Å². The van der Waals surface area contributed by atoms with Crippen LogP contribution in [0.5, 0.6) is 11.5 Å². The third-order valence-electron chi connectivity index (χ3n) is 4.29. The van der Waals surface area contributed by atoms with Crippen LogP contribution in [0.1, 0.15) is 17.2 Å². The van der Waals surface area contributed by atoms with Crippen LogP contribution in [-0.2, 0) is 0 Å². The van der Waals surface area contributed by atoms with Crippen molar-refractivity contribution in [2.45, 2.75) is 6.04 Å². The number of hydrogen-bond acceptors (Lipinski definition) is 9. The van der Waals surface area contributed by atoms with Gasteiger partial charge in [-0.15, -0.1) is 0 Å². The van der Waals surface area contributed by atoms with E-state index in [1.807, 2.05) is 24.3 Å². The standard InChI is InChI=1S/C19H20N6O4/c1-28-13-7-3-11(4-8-13)15(12-5-9-14(29-2)10-6-12)22-18-16(25(26)27)17(20)23-19(21)24-18/h3-10,15H,1-2H3,(H5,20,21,22,23,24). The summed E-state index contributed by atoms with van der Waals surface area (Å²) in [5, 5.41) is 14.6. The Morgan fingerprint density at radius 3 is 1.83 bits per heavy atom. The summed E-state index contributed by atoms with van der Waals surface area (Å²) in [4.78, 5) is 18.5. The van der Waals surface area contributed by atoms with E-state index in [4.69, 9.17) is 20.9 Å². The lowest BCUT2D eigenvalue weighted by Gasteiger charge is -2.21. The molecule has 0 aliphatic carbocycles. The molecule has 10 nitrogen and oxygen atoms in total. The highest BCUT2D eigenvalue weighted by Gasteiger charge is 2.26. The van der Waals surface area contributed by atoms with Crippen LogP contribution in [0.3, 0.4) is 0 Å². The van der Waals surface area contributed by atoms with Gasteiger partial charge in [-0.1, -0.05) is 24.3 Å². The Kier molecular flexibility index (Phi) is 5.63. The Bertz CT molecular complexity index is 961. The molecule has 5 N–H and O–H groups in total. The van der Waals surface area contributed by atoms with E-state index in [1.165, 1.54) is 0 Å². The average Bonchev–Trinajstić information content (AvgIpc) is 2.71. The number of hydrogen-bond donors (Lipinski definition) is 3. The van der Waals surface area contributed by atoms with Gasteiger partial charge in [-0.05, 0) is 35.4 Å². The molecule has 0 fully saturated rings. The Morgan fingerprint density at radius 1 is 0.931 bits per heavy atom. The molecule has 0 amide bonds. The van der Waals surface area contributed by atoms with E-state index in [9.17, 15) is 10.1 Å². The van der Waals surface area contributed by atoms with Gasteiger partial charge in [0.15, 0.2) is 0 Å². The lowest BCUT2D eigenvalue weighted by atomic mass is 9.98. The monoisotopic (exact) mass is 396 g/mol. The number of nitro groups is 1. The maximum absolute atomic E-state index is 11.5. The second kappa shape index (κ2) is 8.30. The number of nitrogens with one attached hydrogen (secondary N) is 1. The van der Waals surface area contributed by atoms with Gasteiger partial charge in [0.2, 0.25) is 17.6 Å². The molecule has 0 radical (unpaired) electrons. The highest BCUT2D eigenvalue weighted by Crippen LogP contribution is 2.34. The molecule has 0 atom stereocenters. The van der Waals surface area contributed by atoms with Gasteiger partial charge in [-0.25, -0.2) is 0 Å². The fourth-order valence-electron chi connectivity index (χ4n) is 2.86. The minimum Gasteiger partial charge on any atom is -0.497 e. The predicted molar refractivity (Wildman–Crippen MR) is 109 cm³/mol. The second-order valence-corrected chi connectivity index (χ2v) is 6.05. The molecule has 0 saturated heterocycles. The lowest BCUT2D eigenvalue weighted by molar-refractivity contribution is -0.383. The maximum Gasteiger partial charge on any atom is 0.353 e. The number of aromatic nitrogens is 2. The quantitative estimate of drug-likeness (QED) is 0.404. The molecule has 3 rings (SSSR count). The summed E-state index contributed by atoms with van der Waals surface area (Å²) in [7, 11) is 3.15. The highest BCUT2D eigenvalue weighted by molar-refractivity contribution is 5.70. The zero-order chi connectivity index (χ0) is 21.0. The Morgan fingerprint density at radius 2 is 1.41 bits per heavy atom. The Balaban J connectivity index is 2.09. The number of methoxy groups -OCH3 is 2. The first-order valence-corrected chi connectivity index (χ1v) is 8.54. The molecular formula is C19H20N6O4. The molecule has 0 bridgehead atoms. The second-order valence-electron chi connectivity index (χ2n) is 6.05. The topological polar surface area (TPSA) is 151 Å². The first-order valence-electron chi connectivity index (χ1n) is 8.54. The average molecular weight is 396 g/mol. The summed E-state index contributed by atoms with van der Waals surface area (Å²) in [6.07, 6.45) is 0. The van der Waals surface area contributed by atoms with E-state index in [0.29, 0.717) is 11.5 Å². The van der Waals surface area contributed by atoms with Crippen LogP contribution in [-0.4, -0.2) is 29.1 Å². The van der Waals surface area contributed by atoms with Crippen molar-refractivity contribution in [1.29, 1.82) is 0 Å². The number of benzene rings is 2. The van der Waals surface area contributed by atoms with Crippen LogP contribution in [0, 0.1) is 10.1 Å². The molecule has 0 aliphatic heterocycles. The SMILES string of the molecule is COc1ccc(C(Nc2nc(N)nc(N)c2[N+](=O)[O-])c2ccc(OC)cc2)cc1. The van der Waals surface area contributed by atoms with Gasteiger partial charge >= 0.3 is 5.69 Å². The summed E-state index contributed by atoms with van der Waals surface area (Å²) in [5.74, 6) is 0.816. The van der Waals surface area contributed by atoms with Crippen molar-refractivity contribution >= 4 is 23.3 Å². The number of nitrogens with two attached hydrogens (primary N) is 2. The highest BCUT2D eigenvalue weighted by atomic mass is 16.6. The summed E-state index contributed by atoms with van der Waals surface area (Å²) < 4.78 is 10.4. The molecule has 0 unspecified atom stereocenters. The first-order chi connectivity index (χ1) is 13.9. The number of nitrogen functional groups attached to an aromatic ring is 2. The molecule has 150 valence electrons. The van der Waals surface area contributed by atoms with Crippen LogP contribution < -0.4 is 26.3 Å². The van der Waals surface area contributed by atoms with Crippen molar-refractivity contribution in [3.8, 4) is 11.5 Å². The van der Waals surface area contributed by atoms with Gasteiger partial charge in [0.1, 0.15) is 11.5 Å². The smallest absolute Gasteiger partial charge is 0.353 e. The maximum atomic E-state index is 11.5. The summed E-state index contributed by atoms with van der Waals surface area (Å²) in [6.45, 7) is 0. The van der Waals surface area contributed by atoms with Crippen LogP contribution in [0.15, 0.2) is 48.5 Å². The molecule has 10 heteroatoms. The van der Waals surface area contributed by atoms with Crippen LogP contribution in [0.25, 0.3) is 0 Å². The van der Waals surface area contributed by atoms with Crippen molar-refractivity contribution < 1.29 is 14.4 Å². The first kappa shape index (κ1) is 19.7. The number of anilines is 3. The largest absolute Gasteiger partial charge is 0.497 e. The molecule has 1 aromatic heterocycles. The number of rotatable bonds is 7. The van der Waals surface area contributed by atoms with Crippen LogP contribution in [0.4, 0.5) is 23.3 Å². The Labute approximate surface area is 166 Å². The van der Waals surface area contributed by atoms with Gasteiger partial charge in [0, 0.05) is 0 Å².